The van der Waals surface area contributed by atoms with Gasteiger partial charge in [0.2, 0.25) is 0 Å². The van der Waals surface area contributed by atoms with Gasteiger partial charge in [0, 0.05) is 34.9 Å². The fraction of sp³-hybridized carbons (Fsp3) is 0.667. The summed E-state index contributed by atoms with van der Waals surface area (Å²) in [5.74, 6) is 2.24. The summed E-state index contributed by atoms with van der Waals surface area (Å²) in [6.45, 7) is 2.98. The summed E-state index contributed by atoms with van der Waals surface area (Å²) in [5.41, 5.74) is -0.612. The Bertz CT molecular complexity index is 255. The molecule has 0 bridgehead atoms. The van der Waals surface area contributed by atoms with Gasteiger partial charge in [0.15, 0.2) is 0 Å². The molecule has 1 aliphatic rings. The molecule has 0 aromatic heterocycles. The van der Waals surface area contributed by atoms with Gasteiger partial charge in [-0.2, -0.15) is 0 Å². The highest BCUT2D eigenvalue weighted by atomic mass is 79.9. The monoisotopic (exact) mass is 245 g/mol. The largest absolute Gasteiger partial charge is 0.390 e. The van der Waals surface area contributed by atoms with Crippen molar-refractivity contribution in [1.29, 1.82) is 0 Å². The van der Waals surface area contributed by atoms with Crippen LogP contribution < -0.4 is 0 Å². The summed E-state index contributed by atoms with van der Waals surface area (Å²) in [6, 6.07) is 0. The standard InChI is InChI=1S/C9H12BrNO2/c1-9(13)3-6-11(7-4-9)8(12)2-5-10/h13H,3-4,6-7H2,1H3. The maximum atomic E-state index is 11.2. The van der Waals surface area contributed by atoms with Crippen LogP contribution in [0.1, 0.15) is 19.8 Å². The van der Waals surface area contributed by atoms with Crippen molar-refractivity contribution in [1.82, 2.24) is 4.90 Å². The van der Waals surface area contributed by atoms with Crippen LogP contribution in [0.15, 0.2) is 0 Å². The summed E-state index contributed by atoms with van der Waals surface area (Å²) < 4.78 is 0. The van der Waals surface area contributed by atoms with Gasteiger partial charge in [-0.3, -0.25) is 4.79 Å². The zero-order valence-corrected chi connectivity index (χ0v) is 9.10. The van der Waals surface area contributed by atoms with Crippen LogP contribution in [0.3, 0.4) is 0 Å². The number of aliphatic hydroxyl groups is 1. The summed E-state index contributed by atoms with van der Waals surface area (Å²) in [7, 11) is 0. The lowest BCUT2D eigenvalue weighted by molar-refractivity contribution is -0.128. The number of hydrogen-bond donors (Lipinski definition) is 1. The molecule has 13 heavy (non-hydrogen) atoms. The second kappa shape index (κ2) is 4.12. The Morgan fingerprint density at radius 3 is 2.54 bits per heavy atom. The lowest BCUT2D eigenvalue weighted by Gasteiger charge is -2.34. The van der Waals surface area contributed by atoms with Crippen molar-refractivity contribution in [3.05, 3.63) is 0 Å². The van der Waals surface area contributed by atoms with E-state index < -0.39 is 5.60 Å². The molecule has 0 aromatic carbocycles. The molecular formula is C9H12BrNO2. The number of carbonyl (C=O) groups excluding carboxylic acids is 1. The highest BCUT2D eigenvalue weighted by Gasteiger charge is 2.28. The van der Waals surface area contributed by atoms with Gasteiger partial charge < -0.3 is 10.0 Å². The van der Waals surface area contributed by atoms with Crippen molar-refractivity contribution in [2.45, 2.75) is 25.4 Å². The number of likely N-dealkylation sites (tertiary alicyclic amines) is 1. The first kappa shape index (κ1) is 10.6. The zero-order chi connectivity index (χ0) is 9.90. The highest BCUT2D eigenvalue weighted by Crippen LogP contribution is 2.20. The summed E-state index contributed by atoms with van der Waals surface area (Å²) in [5, 5.41) is 9.62. The second-order valence-electron chi connectivity index (χ2n) is 3.51. The molecule has 1 fully saturated rings. The van der Waals surface area contributed by atoms with Crippen molar-refractivity contribution in [2.24, 2.45) is 0 Å². The van der Waals surface area contributed by atoms with E-state index in [1.54, 1.807) is 11.8 Å². The maximum absolute atomic E-state index is 11.2. The molecule has 72 valence electrons. The molecule has 0 aromatic rings. The smallest absolute Gasteiger partial charge is 0.299 e. The highest BCUT2D eigenvalue weighted by molar-refractivity contribution is 9.12. The third kappa shape index (κ3) is 3.02. The molecule has 1 amide bonds. The predicted molar refractivity (Wildman–Crippen MR) is 53.1 cm³/mol. The van der Waals surface area contributed by atoms with Crippen molar-refractivity contribution < 1.29 is 9.90 Å². The Hall–Kier alpha value is -0.530. The van der Waals surface area contributed by atoms with E-state index in [1.165, 1.54) is 0 Å². The molecule has 1 heterocycles. The van der Waals surface area contributed by atoms with Crippen LogP contribution in [-0.2, 0) is 4.79 Å². The summed E-state index contributed by atoms with van der Waals surface area (Å²) in [4.78, 5) is 15.3. The summed E-state index contributed by atoms with van der Waals surface area (Å²) in [6.07, 6.45) is 1.26. The van der Waals surface area contributed by atoms with Crippen LogP contribution in [0.5, 0.6) is 0 Å². The zero-order valence-electron chi connectivity index (χ0n) is 7.51. The van der Waals surface area contributed by atoms with E-state index in [0.29, 0.717) is 25.9 Å². The minimum atomic E-state index is -0.612. The Kier molecular flexibility index (Phi) is 3.34. The van der Waals surface area contributed by atoms with Crippen LogP contribution in [0.2, 0.25) is 0 Å². The first-order valence-electron chi connectivity index (χ1n) is 4.18. The third-order valence-corrected chi connectivity index (χ3v) is 2.48. The van der Waals surface area contributed by atoms with E-state index in [0.717, 1.165) is 0 Å². The molecule has 0 saturated carbocycles. The van der Waals surface area contributed by atoms with Gasteiger partial charge in [-0.15, -0.1) is 0 Å². The van der Waals surface area contributed by atoms with E-state index >= 15 is 0 Å². The van der Waals surface area contributed by atoms with E-state index in [1.807, 2.05) is 0 Å². The first-order chi connectivity index (χ1) is 6.05. The van der Waals surface area contributed by atoms with E-state index in [-0.39, 0.29) is 5.91 Å². The number of piperidine rings is 1. The first-order valence-corrected chi connectivity index (χ1v) is 4.97. The quantitative estimate of drug-likeness (QED) is 0.639. The molecule has 0 radical (unpaired) electrons. The molecule has 1 rings (SSSR count). The average molecular weight is 246 g/mol. The van der Waals surface area contributed by atoms with Crippen LogP contribution in [-0.4, -0.2) is 34.6 Å². The Balaban J connectivity index is 2.49. The Morgan fingerprint density at radius 2 is 2.08 bits per heavy atom. The topological polar surface area (TPSA) is 40.5 Å². The number of amides is 1. The van der Waals surface area contributed by atoms with E-state index in [4.69, 9.17) is 0 Å². The molecule has 4 heteroatoms. The molecular weight excluding hydrogens is 234 g/mol. The fourth-order valence-corrected chi connectivity index (χ4v) is 1.48. The average Bonchev–Trinajstić information content (AvgIpc) is 2.04. The van der Waals surface area contributed by atoms with Gasteiger partial charge >= 0.3 is 0 Å². The predicted octanol–water partition coefficient (Wildman–Crippen LogP) is 0.716. The molecule has 1 aliphatic heterocycles. The van der Waals surface area contributed by atoms with Gasteiger partial charge in [0.05, 0.1) is 5.60 Å². The Morgan fingerprint density at radius 1 is 1.54 bits per heavy atom. The van der Waals surface area contributed by atoms with E-state index in [9.17, 15) is 9.90 Å². The maximum Gasteiger partial charge on any atom is 0.299 e. The lowest BCUT2D eigenvalue weighted by Crippen LogP contribution is -2.44. The number of hydrogen-bond acceptors (Lipinski definition) is 2. The van der Waals surface area contributed by atoms with Crippen LogP contribution >= 0.6 is 15.9 Å². The molecule has 0 unspecified atom stereocenters. The summed E-state index contributed by atoms with van der Waals surface area (Å²) >= 11 is 2.88. The molecule has 1 N–H and O–H groups in total. The van der Waals surface area contributed by atoms with Crippen molar-refractivity contribution in [3.63, 3.8) is 0 Å². The number of carbonyl (C=O) groups is 1. The van der Waals surface area contributed by atoms with Gasteiger partial charge in [0.25, 0.3) is 5.91 Å². The van der Waals surface area contributed by atoms with Crippen molar-refractivity contribution in [3.8, 4) is 10.8 Å². The van der Waals surface area contributed by atoms with Crippen molar-refractivity contribution >= 4 is 21.8 Å². The molecule has 0 aliphatic carbocycles. The lowest BCUT2D eigenvalue weighted by atomic mass is 9.94. The van der Waals surface area contributed by atoms with Crippen molar-refractivity contribution in [2.75, 3.05) is 13.1 Å². The number of nitrogens with zero attached hydrogens (tertiary/aromatic N) is 1. The van der Waals surface area contributed by atoms with E-state index in [2.05, 4.69) is 26.7 Å². The normalized spacial score (nSPS) is 20.4. The van der Waals surface area contributed by atoms with Gasteiger partial charge in [0.1, 0.15) is 0 Å². The van der Waals surface area contributed by atoms with Crippen LogP contribution in [0.4, 0.5) is 0 Å². The minimum Gasteiger partial charge on any atom is -0.390 e. The molecule has 3 nitrogen and oxygen atoms in total. The van der Waals surface area contributed by atoms with Crippen LogP contribution in [0.25, 0.3) is 0 Å². The third-order valence-electron chi connectivity index (χ3n) is 2.28. The molecule has 0 atom stereocenters. The van der Waals surface area contributed by atoms with Gasteiger partial charge in [-0.05, 0) is 24.6 Å². The minimum absolute atomic E-state index is 0.174. The molecule has 0 spiro atoms. The van der Waals surface area contributed by atoms with Gasteiger partial charge in [-0.25, -0.2) is 0 Å². The fourth-order valence-electron chi connectivity index (χ4n) is 1.31. The second-order valence-corrected chi connectivity index (χ2v) is 3.91. The number of rotatable bonds is 0. The van der Waals surface area contributed by atoms with Crippen LogP contribution in [0, 0.1) is 10.8 Å². The van der Waals surface area contributed by atoms with Gasteiger partial charge in [-0.1, -0.05) is 0 Å². The number of halogens is 1. The SMILES string of the molecule is CC1(O)CCN(C(=O)C#CBr)CC1. The Labute approximate surface area is 86.2 Å². The molecule has 1 saturated heterocycles.